The summed E-state index contributed by atoms with van der Waals surface area (Å²) in [5.74, 6) is -3.75. The van der Waals surface area contributed by atoms with Crippen molar-refractivity contribution in [2.45, 2.75) is 0 Å². The first kappa shape index (κ1) is 7.53. The predicted molar refractivity (Wildman–Crippen MR) is 30.6 cm³/mol. The van der Waals surface area contributed by atoms with Crippen molar-refractivity contribution in [2.24, 2.45) is 0 Å². The maximum absolute atomic E-state index is 12.2. The van der Waals surface area contributed by atoms with Crippen LogP contribution in [-0.4, -0.2) is 4.98 Å². The normalized spacial score (nSPS) is 10.0. The average Bonchev–Trinajstić information content (AvgIpc) is 1.93. The SMILES string of the molecule is Fc1[c]nc(F)c(F)c1Br. The average molecular weight is 211 g/mol. The van der Waals surface area contributed by atoms with Crippen LogP contribution in [-0.2, 0) is 0 Å². The van der Waals surface area contributed by atoms with Crippen LogP contribution >= 0.6 is 15.9 Å². The first-order valence-corrected chi connectivity index (χ1v) is 3.00. The maximum Gasteiger partial charge on any atom is 0.250 e. The molecule has 10 heavy (non-hydrogen) atoms. The number of aromatic nitrogens is 1. The second kappa shape index (κ2) is 2.57. The van der Waals surface area contributed by atoms with Crippen molar-refractivity contribution in [3.63, 3.8) is 0 Å². The highest BCUT2D eigenvalue weighted by Gasteiger charge is 2.11. The Morgan fingerprint density at radius 1 is 1.30 bits per heavy atom. The van der Waals surface area contributed by atoms with Crippen LogP contribution < -0.4 is 0 Å². The molecule has 0 amide bonds. The van der Waals surface area contributed by atoms with E-state index in [0.29, 0.717) is 0 Å². The van der Waals surface area contributed by atoms with E-state index in [1.54, 1.807) is 6.20 Å². The van der Waals surface area contributed by atoms with Gasteiger partial charge >= 0.3 is 0 Å². The second-order valence-electron chi connectivity index (χ2n) is 1.46. The lowest BCUT2D eigenvalue weighted by molar-refractivity contribution is 0.456. The van der Waals surface area contributed by atoms with Gasteiger partial charge in [-0.15, -0.1) is 0 Å². The van der Waals surface area contributed by atoms with Crippen LogP contribution in [0.2, 0.25) is 0 Å². The van der Waals surface area contributed by atoms with Gasteiger partial charge in [0, 0.05) is 0 Å². The van der Waals surface area contributed by atoms with Crippen molar-refractivity contribution in [2.75, 3.05) is 0 Å². The van der Waals surface area contributed by atoms with Gasteiger partial charge in [-0.2, -0.15) is 4.39 Å². The summed E-state index contributed by atoms with van der Waals surface area (Å²) in [6, 6.07) is 0. The van der Waals surface area contributed by atoms with E-state index in [9.17, 15) is 13.2 Å². The fraction of sp³-hybridized carbons (Fsp3) is 0. The molecule has 0 bridgehead atoms. The Hall–Kier alpha value is -0.580. The first-order chi connectivity index (χ1) is 4.63. The molecule has 0 atom stereocenters. The van der Waals surface area contributed by atoms with E-state index in [4.69, 9.17) is 0 Å². The maximum atomic E-state index is 12.2. The van der Waals surface area contributed by atoms with Gasteiger partial charge in [0.1, 0.15) is 6.20 Å². The quantitative estimate of drug-likeness (QED) is 0.598. The Balaban J connectivity index is 3.34. The molecule has 53 valence electrons. The zero-order valence-electron chi connectivity index (χ0n) is 4.46. The third-order valence-electron chi connectivity index (χ3n) is 0.819. The van der Waals surface area contributed by atoms with Gasteiger partial charge in [0.25, 0.3) is 5.95 Å². The molecule has 1 nitrogen and oxygen atoms in total. The summed E-state index contributed by atoms with van der Waals surface area (Å²) < 4.78 is 35.9. The van der Waals surface area contributed by atoms with Crippen molar-refractivity contribution >= 4 is 15.9 Å². The summed E-state index contributed by atoms with van der Waals surface area (Å²) in [4.78, 5) is 2.67. The molecule has 1 radical (unpaired) electrons. The minimum atomic E-state index is -1.37. The second-order valence-corrected chi connectivity index (χ2v) is 2.25. The van der Waals surface area contributed by atoms with Gasteiger partial charge in [0.2, 0.25) is 0 Å². The van der Waals surface area contributed by atoms with Crippen LogP contribution in [0.1, 0.15) is 0 Å². The summed E-state index contributed by atoms with van der Waals surface area (Å²) in [6.45, 7) is 0. The predicted octanol–water partition coefficient (Wildman–Crippen LogP) is 2.06. The largest absolute Gasteiger partial charge is 0.250 e. The van der Waals surface area contributed by atoms with Crippen LogP contribution in [0.3, 0.4) is 0 Å². The molecular weight excluding hydrogens is 211 g/mol. The Labute approximate surface area is 63.0 Å². The van der Waals surface area contributed by atoms with E-state index >= 15 is 0 Å². The monoisotopic (exact) mass is 210 g/mol. The van der Waals surface area contributed by atoms with Crippen LogP contribution in [0.4, 0.5) is 13.2 Å². The lowest BCUT2D eigenvalue weighted by Gasteiger charge is -1.93. The smallest absolute Gasteiger partial charge is 0.212 e. The standard InChI is InChI=1S/C5BrF3N/c6-3-2(7)1-10-5(9)4(3)8. The van der Waals surface area contributed by atoms with Crippen molar-refractivity contribution in [3.8, 4) is 0 Å². The Bertz CT molecular complexity index is 236. The third-order valence-corrected chi connectivity index (χ3v) is 1.51. The van der Waals surface area contributed by atoms with Crippen LogP contribution in [0.15, 0.2) is 4.47 Å². The highest BCUT2D eigenvalue weighted by Crippen LogP contribution is 2.18. The fourth-order valence-corrected chi connectivity index (χ4v) is 0.635. The van der Waals surface area contributed by atoms with E-state index < -0.39 is 22.1 Å². The molecule has 0 saturated carbocycles. The molecule has 0 fully saturated rings. The highest BCUT2D eigenvalue weighted by atomic mass is 79.9. The molecule has 0 N–H and O–H groups in total. The first-order valence-electron chi connectivity index (χ1n) is 2.20. The number of halogens is 4. The van der Waals surface area contributed by atoms with E-state index in [1.807, 2.05) is 0 Å². The number of rotatable bonds is 0. The summed E-state index contributed by atoms with van der Waals surface area (Å²) in [5.41, 5.74) is 0. The molecule has 1 rings (SSSR count). The summed E-state index contributed by atoms with van der Waals surface area (Å²) in [5, 5.41) is 0. The summed E-state index contributed by atoms with van der Waals surface area (Å²) in [7, 11) is 0. The zero-order chi connectivity index (χ0) is 7.72. The van der Waals surface area contributed by atoms with Gasteiger partial charge < -0.3 is 0 Å². The summed E-state index contributed by atoms with van der Waals surface area (Å²) in [6.07, 6.45) is 1.63. The van der Waals surface area contributed by atoms with E-state index in [1.165, 1.54) is 0 Å². The van der Waals surface area contributed by atoms with Gasteiger partial charge in [-0.3, -0.25) is 0 Å². The van der Waals surface area contributed by atoms with Gasteiger partial charge in [-0.1, -0.05) is 0 Å². The molecule has 1 heterocycles. The number of hydrogen-bond donors (Lipinski definition) is 0. The molecule has 1 aromatic rings. The minimum absolute atomic E-state index is 0.583. The molecule has 0 aromatic carbocycles. The van der Waals surface area contributed by atoms with Crippen molar-refractivity contribution in [3.05, 3.63) is 28.3 Å². The summed E-state index contributed by atoms with van der Waals surface area (Å²) >= 11 is 2.47. The van der Waals surface area contributed by atoms with E-state index in [-0.39, 0.29) is 0 Å². The lowest BCUT2D eigenvalue weighted by Crippen LogP contribution is -1.93. The molecule has 0 spiro atoms. The Morgan fingerprint density at radius 3 is 2.40 bits per heavy atom. The topological polar surface area (TPSA) is 12.9 Å². The Morgan fingerprint density at radius 2 is 1.90 bits per heavy atom. The molecular formula is C5BrF3N. The van der Waals surface area contributed by atoms with Crippen LogP contribution in [0.25, 0.3) is 0 Å². The number of hydrogen-bond acceptors (Lipinski definition) is 1. The number of pyridine rings is 1. The van der Waals surface area contributed by atoms with Gasteiger partial charge in [0.15, 0.2) is 11.6 Å². The highest BCUT2D eigenvalue weighted by molar-refractivity contribution is 9.10. The molecule has 0 aliphatic rings. The molecule has 1 aromatic heterocycles. The van der Waals surface area contributed by atoms with Gasteiger partial charge in [-0.25, -0.2) is 13.8 Å². The Kier molecular flexibility index (Phi) is 1.94. The molecule has 0 aliphatic heterocycles. The zero-order valence-corrected chi connectivity index (χ0v) is 6.05. The van der Waals surface area contributed by atoms with Crippen LogP contribution in [0.5, 0.6) is 0 Å². The molecule has 5 heteroatoms. The van der Waals surface area contributed by atoms with E-state index in [2.05, 4.69) is 20.9 Å². The van der Waals surface area contributed by atoms with Crippen LogP contribution in [0, 0.1) is 23.8 Å². The van der Waals surface area contributed by atoms with Crippen molar-refractivity contribution in [1.82, 2.24) is 4.98 Å². The number of nitrogens with zero attached hydrogens (tertiary/aromatic N) is 1. The molecule has 0 saturated heterocycles. The minimum Gasteiger partial charge on any atom is -0.212 e. The third kappa shape index (κ3) is 1.13. The van der Waals surface area contributed by atoms with Crippen molar-refractivity contribution < 1.29 is 13.2 Å². The van der Waals surface area contributed by atoms with E-state index in [0.717, 1.165) is 0 Å². The molecule has 0 unspecified atom stereocenters. The molecule has 0 aliphatic carbocycles. The van der Waals surface area contributed by atoms with Crippen molar-refractivity contribution in [1.29, 1.82) is 0 Å². The fourth-order valence-electron chi connectivity index (χ4n) is 0.383. The van der Waals surface area contributed by atoms with Gasteiger partial charge in [-0.05, 0) is 15.9 Å². The van der Waals surface area contributed by atoms with Gasteiger partial charge in [0.05, 0.1) is 4.47 Å². The lowest BCUT2D eigenvalue weighted by atomic mass is 10.4.